The fourth-order valence-electron chi connectivity index (χ4n) is 4.67. The van der Waals surface area contributed by atoms with E-state index in [0.29, 0.717) is 22.6 Å². The van der Waals surface area contributed by atoms with Gasteiger partial charge >= 0.3 is 5.97 Å². The van der Waals surface area contributed by atoms with Crippen molar-refractivity contribution >= 4 is 23.3 Å². The van der Waals surface area contributed by atoms with Crippen LogP contribution in [0.3, 0.4) is 0 Å². The van der Waals surface area contributed by atoms with Crippen LogP contribution >= 0.6 is 11.8 Å². The number of carboxylic acid groups (broad SMARTS) is 1. The van der Waals surface area contributed by atoms with Gasteiger partial charge in [-0.3, -0.25) is 0 Å². The number of halogens is 4. The Morgan fingerprint density at radius 2 is 1.18 bits per heavy atom. The first-order valence-corrected chi connectivity index (χ1v) is 14.6. The summed E-state index contributed by atoms with van der Waals surface area (Å²) in [6.07, 6.45) is 2.08. The molecule has 0 saturated heterocycles. The normalized spacial score (nSPS) is 10.8. The summed E-state index contributed by atoms with van der Waals surface area (Å²) in [5.74, 6) is -3.58. The molecule has 0 aliphatic carbocycles. The van der Waals surface area contributed by atoms with Crippen LogP contribution in [-0.2, 0) is 4.79 Å². The lowest BCUT2D eigenvalue weighted by Crippen LogP contribution is -2.09. The number of carbonyl (C=O) groups is 1. The second-order valence-electron chi connectivity index (χ2n) is 9.95. The van der Waals surface area contributed by atoms with Gasteiger partial charge in [-0.1, -0.05) is 66.7 Å². The maximum Gasteiger partial charge on any atom is 0.341 e. The molecule has 0 fully saturated rings. The minimum atomic E-state index is -1.05. The highest BCUT2D eigenvalue weighted by atomic mass is 32.2. The Kier molecular flexibility index (Phi) is 9.50. The molecule has 5 aromatic rings. The Morgan fingerprint density at radius 3 is 1.64 bits per heavy atom. The average molecular weight is 615 g/mol. The number of aliphatic carboxylic acids is 1. The van der Waals surface area contributed by atoms with Crippen molar-refractivity contribution in [1.82, 2.24) is 0 Å². The first-order valence-electron chi connectivity index (χ1n) is 13.6. The third kappa shape index (κ3) is 7.38. The summed E-state index contributed by atoms with van der Waals surface area (Å²) in [5, 5.41) is 8.87. The minimum Gasteiger partial charge on any atom is -0.482 e. The number of ether oxygens (including phenoxy) is 1. The number of carboxylic acids is 1. The van der Waals surface area contributed by atoms with Crippen LogP contribution in [-0.4, -0.2) is 23.4 Å². The van der Waals surface area contributed by atoms with Gasteiger partial charge in [-0.05, 0) is 93.9 Å². The summed E-state index contributed by atoms with van der Waals surface area (Å²) in [6, 6.07) is 28.2. The van der Waals surface area contributed by atoms with Gasteiger partial charge in [-0.15, -0.1) is 11.8 Å². The van der Waals surface area contributed by atoms with Gasteiger partial charge in [0.05, 0.1) is 0 Å². The molecule has 0 bridgehead atoms. The molecule has 5 aromatic carbocycles. The summed E-state index contributed by atoms with van der Waals surface area (Å²) in [7, 11) is 0. The molecule has 3 nitrogen and oxygen atoms in total. The highest BCUT2D eigenvalue weighted by molar-refractivity contribution is 7.99. The largest absolute Gasteiger partial charge is 0.482 e. The van der Waals surface area contributed by atoms with E-state index in [1.807, 2.05) is 67.6 Å². The van der Waals surface area contributed by atoms with Crippen molar-refractivity contribution in [3.05, 3.63) is 149 Å². The Labute approximate surface area is 256 Å². The van der Waals surface area contributed by atoms with E-state index >= 15 is 0 Å². The molecule has 0 atom stereocenters. The van der Waals surface area contributed by atoms with E-state index in [2.05, 4.69) is 6.08 Å². The van der Waals surface area contributed by atoms with E-state index in [0.717, 1.165) is 62.6 Å². The first-order chi connectivity index (χ1) is 21.2. The molecule has 8 heteroatoms. The lowest BCUT2D eigenvalue weighted by molar-refractivity contribution is -0.139. The molecule has 222 valence electrons. The topological polar surface area (TPSA) is 46.5 Å². The van der Waals surface area contributed by atoms with E-state index < -0.39 is 35.8 Å². The molecule has 0 amide bonds. The molecule has 0 aliphatic rings. The van der Waals surface area contributed by atoms with Crippen molar-refractivity contribution in [1.29, 1.82) is 0 Å². The first kappa shape index (κ1) is 30.6. The molecule has 0 spiro atoms. The Hall–Kier alpha value is -4.82. The molecule has 0 heterocycles. The fraction of sp³-hybridized carbons (Fsp3) is 0.0833. The molecule has 44 heavy (non-hydrogen) atoms. The number of hydrogen-bond acceptors (Lipinski definition) is 3. The molecule has 0 unspecified atom stereocenters. The second-order valence-corrected chi connectivity index (χ2v) is 11.0. The number of hydrogen-bond donors (Lipinski definition) is 1. The van der Waals surface area contributed by atoms with Gasteiger partial charge in [0, 0.05) is 10.6 Å². The lowest BCUT2D eigenvalue weighted by Gasteiger charge is -2.12. The van der Waals surface area contributed by atoms with Crippen molar-refractivity contribution in [3.63, 3.8) is 0 Å². The second kappa shape index (κ2) is 13.7. The number of rotatable bonds is 10. The number of benzene rings is 5. The van der Waals surface area contributed by atoms with Crippen LogP contribution in [0.15, 0.2) is 114 Å². The monoisotopic (exact) mass is 614 g/mol. The lowest BCUT2D eigenvalue weighted by atomic mass is 9.94. The van der Waals surface area contributed by atoms with Crippen LogP contribution in [0.1, 0.15) is 16.7 Å². The Balaban J connectivity index is 1.42. The maximum absolute atomic E-state index is 13.8. The molecular formula is C36H26F4O3S. The van der Waals surface area contributed by atoms with Crippen LogP contribution < -0.4 is 4.74 Å². The zero-order chi connectivity index (χ0) is 31.2. The van der Waals surface area contributed by atoms with Crippen LogP contribution in [0.5, 0.6) is 5.75 Å². The predicted molar refractivity (Wildman–Crippen MR) is 166 cm³/mol. The molecule has 1 N–H and O–H groups in total. The van der Waals surface area contributed by atoms with Crippen molar-refractivity contribution in [2.24, 2.45) is 0 Å². The van der Waals surface area contributed by atoms with Crippen molar-refractivity contribution in [3.8, 4) is 28.0 Å². The van der Waals surface area contributed by atoms with E-state index in [9.17, 15) is 22.4 Å². The predicted octanol–water partition coefficient (Wildman–Crippen LogP) is 9.57. The van der Waals surface area contributed by atoms with E-state index in [-0.39, 0.29) is 0 Å². The molecule has 5 rings (SSSR count). The summed E-state index contributed by atoms with van der Waals surface area (Å²) in [5.41, 5.74) is 6.10. The van der Waals surface area contributed by atoms with E-state index in [1.165, 1.54) is 12.1 Å². The van der Waals surface area contributed by atoms with Gasteiger partial charge in [0.15, 0.2) is 29.9 Å². The third-order valence-electron chi connectivity index (χ3n) is 6.93. The Bertz CT molecular complexity index is 1740. The molecule has 0 saturated carbocycles. The molecular weight excluding hydrogens is 588 g/mol. The number of thioether (sulfide) groups is 1. The van der Waals surface area contributed by atoms with Crippen molar-refractivity contribution < 1.29 is 32.2 Å². The van der Waals surface area contributed by atoms with Crippen molar-refractivity contribution in [2.45, 2.75) is 11.8 Å². The summed E-state index contributed by atoms with van der Waals surface area (Å²) >= 11 is 1.59. The SMILES string of the molecule is Cc1cc(SCC=C(c2ccc(-c3ccc(F)c(F)c3)cc2)c2ccc(-c3ccc(F)c(F)c3)cc2)ccc1OCC(=O)O. The quantitative estimate of drug-likeness (QED) is 0.126. The standard InChI is InChI=1S/C36H26F4O3S/c1-22-18-29(12-15-35(22)43-21-36(41)42)44-17-16-30(25-6-2-23(3-7-25)27-10-13-31(37)33(39)19-27)26-8-4-24(5-9-26)28-11-14-32(38)34(40)20-28/h2-16,18-20H,17,21H2,1H3,(H,41,42). The molecule has 0 aromatic heterocycles. The van der Waals surface area contributed by atoms with Gasteiger partial charge in [-0.25, -0.2) is 22.4 Å². The molecule has 0 aliphatic heterocycles. The smallest absolute Gasteiger partial charge is 0.341 e. The third-order valence-corrected chi connectivity index (χ3v) is 7.85. The fourth-order valence-corrected chi connectivity index (χ4v) is 5.54. The minimum absolute atomic E-state index is 0.413. The summed E-state index contributed by atoms with van der Waals surface area (Å²) in [6.45, 7) is 1.44. The molecule has 0 radical (unpaired) electrons. The van der Waals surface area contributed by atoms with Gasteiger partial charge in [0.25, 0.3) is 0 Å². The maximum atomic E-state index is 13.8. The van der Waals surface area contributed by atoms with E-state index in [1.54, 1.807) is 17.8 Å². The van der Waals surface area contributed by atoms with Gasteiger partial charge in [-0.2, -0.15) is 0 Å². The van der Waals surface area contributed by atoms with Gasteiger partial charge in [0.1, 0.15) is 5.75 Å². The van der Waals surface area contributed by atoms with Crippen LogP contribution in [0.2, 0.25) is 0 Å². The van der Waals surface area contributed by atoms with Gasteiger partial charge < -0.3 is 9.84 Å². The summed E-state index contributed by atoms with van der Waals surface area (Å²) in [4.78, 5) is 11.8. The summed E-state index contributed by atoms with van der Waals surface area (Å²) < 4.78 is 59.9. The van der Waals surface area contributed by atoms with Crippen LogP contribution in [0, 0.1) is 30.2 Å². The zero-order valence-electron chi connectivity index (χ0n) is 23.5. The van der Waals surface area contributed by atoms with E-state index in [4.69, 9.17) is 9.84 Å². The van der Waals surface area contributed by atoms with Crippen LogP contribution in [0.25, 0.3) is 27.8 Å². The highest BCUT2D eigenvalue weighted by Gasteiger charge is 2.11. The van der Waals surface area contributed by atoms with Gasteiger partial charge in [0.2, 0.25) is 0 Å². The number of aryl methyl sites for hydroxylation is 1. The van der Waals surface area contributed by atoms with Crippen LogP contribution in [0.4, 0.5) is 17.6 Å². The zero-order valence-corrected chi connectivity index (χ0v) is 24.3. The highest BCUT2D eigenvalue weighted by Crippen LogP contribution is 2.32. The van der Waals surface area contributed by atoms with Crippen molar-refractivity contribution in [2.75, 3.05) is 12.4 Å². The average Bonchev–Trinajstić information content (AvgIpc) is 3.02. The Morgan fingerprint density at radius 1 is 0.682 bits per heavy atom.